The van der Waals surface area contributed by atoms with Crippen molar-refractivity contribution in [3.8, 4) is 0 Å². The third-order valence-corrected chi connectivity index (χ3v) is 4.63. The molecule has 1 amide bonds. The van der Waals surface area contributed by atoms with E-state index in [0.717, 1.165) is 5.56 Å². The fourth-order valence-electron chi connectivity index (χ4n) is 2.62. The topological polar surface area (TPSA) is 68.0 Å². The van der Waals surface area contributed by atoms with Crippen molar-refractivity contribution in [3.05, 3.63) is 59.7 Å². The molecular formula is C18H19N3O2S. The lowest BCUT2D eigenvalue weighted by Gasteiger charge is -2.16. The number of carbonyl (C=O) groups is 1. The van der Waals surface area contributed by atoms with Crippen molar-refractivity contribution in [1.82, 2.24) is 15.5 Å². The van der Waals surface area contributed by atoms with E-state index in [1.807, 2.05) is 25.1 Å². The van der Waals surface area contributed by atoms with Crippen LogP contribution in [0.5, 0.6) is 0 Å². The molecule has 0 radical (unpaired) electrons. The summed E-state index contributed by atoms with van der Waals surface area (Å²) in [5.41, 5.74) is 1.13. The molecule has 124 valence electrons. The number of aromatic nitrogens is 2. The quantitative estimate of drug-likeness (QED) is 0.741. The number of aryl methyl sites for hydroxylation is 1. The summed E-state index contributed by atoms with van der Waals surface area (Å²) in [6.07, 6.45) is 0. The number of hydrogen-bond donors (Lipinski definition) is 1. The number of benzene rings is 2. The van der Waals surface area contributed by atoms with E-state index in [0.29, 0.717) is 23.2 Å². The predicted octanol–water partition coefficient (Wildman–Crippen LogP) is 3.64. The first-order valence-corrected chi connectivity index (χ1v) is 8.93. The molecule has 3 aromatic rings. The molecule has 0 aliphatic rings. The van der Waals surface area contributed by atoms with Crippen LogP contribution in [-0.2, 0) is 10.5 Å². The SMILES string of the molecule is Cc1nc(CSCC(=O)NC(C)c2cccc3ccccc23)no1. The third-order valence-electron chi connectivity index (χ3n) is 3.70. The van der Waals surface area contributed by atoms with Crippen LogP contribution in [0.3, 0.4) is 0 Å². The maximum Gasteiger partial charge on any atom is 0.230 e. The molecule has 0 fully saturated rings. The first kappa shape index (κ1) is 16.5. The summed E-state index contributed by atoms with van der Waals surface area (Å²) in [6, 6.07) is 14.3. The first-order valence-electron chi connectivity index (χ1n) is 7.77. The Hall–Kier alpha value is -2.34. The summed E-state index contributed by atoms with van der Waals surface area (Å²) in [4.78, 5) is 16.3. The monoisotopic (exact) mass is 341 g/mol. The number of thioether (sulfide) groups is 1. The standard InChI is InChI=1S/C18H19N3O2S/c1-12(15-9-5-7-14-6-3-4-8-16(14)15)19-18(22)11-24-10-17-20-13(2)23-21-17/h3-9,12H,10-11H2,1-2H3,(H,19,22). The summed E-state index contributed by atoms with van der Waals surface area (Å²) in [5.74, 6) is 2.09. The Morgan fingerprint density at radius 3 is 2.83 bits per heavy atom. The average molecular weight is 341 g/mol. The number of nitrogens with zero attached hydrogens (tertiary/aromatic N) is 2. The highest BCUT2D eigenvalue weighted by atomic mass is 32.2. The van der Waals surface area contributed by atoms with Crippen LogP contribution in [0.4, 0.5) is 0 Å². The van der Waals surface area contributed by atoms with Crippen LogP contribution in [-0.4, -0.2) is 21.8 Å². The molecule has 0 saturated carbocycles. The number of fused-ring (bicyclic) bond motifs is 1. The van der Waals surface area contributed by atoms with Gasteiger partial charge in [0, 0.05) is 6.92 Å². The lowest BCUT2D eigenvalue weighted by Crippen LogP contribution is -2.28. The Balaban J connectivity index is 1.57. The predicted molar refractivity (Wildman–Crippen MR) is 95.7 cm³/mol. The Kier molecular flexibility index (Phi) is 5.15. The highest BCUT2D eigenvalue weighted by Crippen LogP contribution is 2.24. The fraction of sp³-hybridized carbons (Fsp3) is 0.278. The maximum atomic E-state index is 12.2. The highest BCUT2D eigenvalue weighted by Gasteiger charge is 2.12. The summed E-state index contributed by atoms with van der Waals surface area (Å²) in [7, 11) is 0. The molecule has 0 saturated heterocycles. The van der Waals surface area contributed by atoms with Crippen molar-refractivity contribution in [2.24, 2.45) is 0 Å². The molecule has 1 aromatic heterocycles. The molecule has 24 heavy (non-hydrogen) atoms. The lowest BCUT2D eigenvalue weighted by molar-refractivity contribution is -0.119. The minimum atomic E-state index is -0.0448. The van der Waals surface area contributed by atoms with Gasteiger partial charge in [0.15, 0.2) is 5.82 Å². The molecule has 0 spiro atoms. The van der Waals surface area contributed by atoms with Gasteiger partial charge in [0.2, 0.25) is 11.8 Å². The van der Waals surface area contributed by atoms with Crippen molar-refractivity contribution in [1.29, 1.82) is 0 Å². The molecule has 0 aliphatic carbocycles. The fourth-order valence-corrected chi connectivity index (χ4v) is 3.29. The van der Waals surface area contributed by atoms with Crippen molar-refractivity contribution < 1.29 is 9.32 Å². The highest BCUT2D eigenvalue weighted by molar-refractivity contribution is 7.99. The first-order chi connectivity index (χ1) is 11.6. The lowest BCUT2D eigenvalue weighted by atomic mass is 10.00. The van der Waals surface area contributed by atoms with E-state index in [2.05, 4.69) is 39.7 Å². The summed E-state index contributed by atoms with van der Waals surface area (Å²) < 4.78 is 4.91. The number of amides is 1. The van der Waals surface area contributed by atoms with Gasteiger partial charge in [0.05, 0.1) is 17.5 Å². The van der Waals surface area contributed by atoms with Crippen LogP contribution in [0.2, 0.25) is 0 Å². The van der Waals surface area contributed by atoms with Crippen LogP contribution >= 0.6 is 11.8 Å². The van der Waals surface area contributed by atoms with E-state index in [1.54, 1.807) is 6.92 Å². The molecule has 3 rings (SSSR count). The van der Waals surface area contributed by atoms with E-state index in [1.165, 1.54) is 22.5 Å². The number of rotatable bonds is 6. The summed E-state index contributed by atoms with van der Waals surface area (Å²) in [6.45, 7) is 3.76. The van der Waals surface area contributed by atoms with Gasteiger partial charge in [-0.15, -0.1) is 11.8 Å². The maximum absolute atomic E-state index is 12.2. The van der Waals surface area contributed by atoms with E-state index in [4.69, 9.17) is 4.52 Å². The van der Waals surface area contributed by atoms with Crippen LogP contribution in [0, 0.1) is 6.92 Å². The minimum absolute atomic E-state index is 0.000603. The molecule has 1 heterocycles. The van der Waals surface area contributed by atoms with Gasteiger partial charge in [0.25, 0.3) is 0 Å². The Bertz CT molecular complexity index is 842. The number of nitrogens with one attached hydrogen (secondary N) is 1. The van der Waals surface area contributed by atoms with Crippen molar-refractivity contribution in [2.75, 3.05) is 5.75 Å². The Morgan fingerprint density at radius 1 is 1.25 bits per heavy atom. The van der Waals surface area contributed by atoms with Crippen molar-refractivity contribution in [2.45, 2.75) is 25.6 Å². The molecule has 5 nitrogen and oxygen atoms in total. The molecule has 1 unspecified atom stereocenters. The summed E-state index contributed by atoms with van der Waals surface area (Å²) in [5, 5.41) is 9.22. The van der Waals surface area contributed by atoms with Crippen LogP contribution in [0.1, 0.15) is 30.2 Å². The van der Waals surface area contributed by atoms with E-state index < -0.39 is 0 Å². The Morgan fingerprint density at radius 2 is 2.04 bits per heavy atom. The van der Waals surface area contributed by atoms with Gasteiger partial charge in [-0.3, -0.25) is 4.79 Å². The van der Waals surface area contributed by atoms with Gasteiger partial charge in [-0.2, -0.15) is 4.98 Å². The molecule has 0 aliphatic heterocycles. The van der Waals surface area contributed by atoms with Gasteiger partial charge >= 0.3 is 0 Å². The van der Waals surface area contributed by atoms with Gasteiger partial charge in [-0.1, -0.05) is 47.6 Å². The minimum Gasteiger partial charge on any atom is -0.349 e. The molecule has 1 N–H and O–H groups in total. The number of hydrogen-bond acceptors (Lipinski definition) is 5. The second-order valence-electron chi connectivity index (χ2n) is 5.58. The number of carbonyl (C=O) groups excluding carboxylic acids is 1. The van der Waals surface area contributed by atoms with E-state index in [-0.39, 0.29) is 11.9 Å². The van der Waals surface area contributed by atoms with Crippen LogP contribution in [0.25, 0.3) is 10.8 Å². The van der Waals surface area contributed by atoms with Crippen LogP contribution in [0.15, 0.2) is 47.0 Å². The van der Waals surface area contributed by atoms with Gasteiger partial charge < -0.3 is 9.84 Å². The zero-order chi connectivity index (χ0) is 16.9. The largest absolute Gasteiger partial charge is 0.349 e. The van der Waals surface area contributed by atoms with Gasteiger partial charge in [-0.05, 0) is 23.3 Å². The molecular weight excluding hydrogens is 322 g/mol. The van der Waals surface area contributed by atoms with E-state index >= 15 is 0 Å². The molecule has 6 heteroatoms. The average Bonchev–Trinajstić information content (AvgIpc) is 2.99. The molecule has 0 bridgehead atoms. The third kappa shape index (κ3) is 3.94. The summed E-state index contributed by atoms with van der Waals surface area (Å²) >= 11 is 1.47. The Labute approximate surface area is 144 Å². The molecule has 2 aromatic carbocycles. The van der Waals surface area contributed by atoms with Gasteiger partial charge in [-0.25, -0.2) is 0 Å². The second kappa shape index (κ2) is 7.49. The zero-order valence-corrected chi connectivity index (χ0v) is 14.5. The molecule has 1 atom stereocenters. The normalized spacial score (nSPS) is 12.2. The smallest absolute Gasteiger partial charge is 0.230 e. The second-order valence-corrected chi connectivity index (χ2v) is 6.57. The van der Waals surface area contributed by atoms with Crippen molar-refractivity contribution >= 4 is 28.4 Å². The zero-order valence-electron chi connectivity index (χ0n) is 13.7. The van der Waals surface area contributed by atoms with E-state index in [9.17, 15) is 4.79 Å². The van der Waals surface area contributed by atoms with Gasteiger partial charge in [0.1, 0.15) is 0 Å². The van der Waals surface area contributed by atoms with Crippen molar-refractivity contribution in [3.63, 3.8) is 0 Å². The van der Waals surface area contributed by atoms with Crippen LogP contribution < -0.4 is 5.32 Å².